The van der Waals surface area contributed by atoms with Gasteiger partial charge in [-0.05, 0) is 89.0 Å². The molecule has 0 saturated heterocycles. The van der Waals surface area contributed by atoms with Crippen molar-refractivity contribution in [2.24, 2.45) is 0 Å². The van der Waals surface area contributed by atoms with Crippen LogP contribution in [-0.4, -0.2) is 4.57 Å². The highest BCUT2D eigenvalue weighted by atomic mass is 16.3. The van der Waals surface area contributed by atoms with Gasteiger partial charge >= 0.3 is 0 Å². The molecule has 0 aliphatic carbocycles. The maximum Gasteiger partial charge on any atom is 0.136 e. The van der Waals surface area contributed by atoms with Crippen LogP contribution < -0.4 is 4.90 Å². The molecule has 0 radical (unpaired) electrons. The summed E-state index contributed by atoms with van der Waals surface area (Å²) in [6.07, 6.45) is 0. The van der Waals surface area contributed by atoms with Crippen molar-refractivity contribution in [2.45, 2.75) is 0 Å². The summed E-state index contributed by atoms with van der Waals surface area (Å²) in [6.45, 7) is 0. The Kier molecular flexibility index (Phi) is 5.57. The first-order valence-corrected chi connectivity index (χ1v) is 16.0. The van der Waals surface area contributed by atoms with E-state index in [4.69, 9.17) is 4.42 Å². The van der Waals surface area contributed by atoms with Crippen molar-refractivity contribution in [1.29, 1.82) is 0 Å². The Balaban J connectivity index is 1.22. The second kappa shape index (κ2) is 10.1. The van der Waals surface area contributed by atoms with Crippen LogP contribution in [0.15, 0.2) is 174 Å². The number of furan rings is 1. The number of nitrogens with zero attached hydrogens (tertiary/aromatic N) is 2. The fraction of sp³-hybridized carbons (Fsp3) is 0. The van der Waals surface area contributed by atoms with Gasteiger partial charge in [0.15, 0.2) is 0 Å². The highest BCUT2D eigenvalue weighted by molar-refractivity contribution is 6.19. The minimum atomic E-state index is 0.916. The van der Waals surface area contributed by atoms with Gasteiger partial charge < -0.3 is 13.9 Å². The van der Waals surface area contributed by atoms with E-state index in [1.165, 1.54) is 38.0 Å². The maximum atomic E-state index is 6.20. The summed E-state index contributed by atoms with van der Waals surface area (Å²) in [6, 6.07) is 60.9. The largest absolute Gasteiger partial charge is 0.456 e. The van der Waals surface area contributed by atoms with E-state index in [1.54, 1.807) is 0 Å². The van der Waals surface area contributed by atoms with Gasteiger partial charge in [-0.1, -0.05) is 97.1 Å². The van der Waals surface area contributed by atoms with E-state index >= 15 is 0 Å². The Bertz CT molecular complexity index is 2790. The van der Waals surface area contributed by atoms with Crippen molar-refractivity contribution in [1.82, 2.24) is 4.57 Å². The molecule has 0 fully saturated rings. The number of hydrogen-bond donors (Lipinski definition) is 0. The second-order valence-corrected chi connectivity index (χ2v) is 12.2. The predicted molar refractivity (Wildman–Crippen MR) is 198 cm³/mol. The number of hydrogen-bond acceptors (Lipinski definition) is 2. The standard InChI is InChI=1S/C44H28N2O/c1-3-12-32(13-4-1)45(34-21-19-30-27-43-40(26-31(30)25-34)37-17-9-10-18-42(37)47-43)35-22-24-41-39(28-35)38-23-20-29-11-7-8-16-36(29)44(38)46(41)33-14-5-2-6-15-33/h1-28H. The zero-order valence-electron chi connectivity index (χ0n) is 25.5. The summed E-state index contributed by atoms with van der Waals surface area (Å²) >= 11 is 0. The van der Waals surface area contributed by atoms with Crippen LogP contribution in [0.2, 0.25) is 0 Å². The fourth-order valence-corrected chi connectivity index (χ4v) is 7.37. The lowest BCUT2D eigenvalue weighted by Gasteiger charge is -2.26. The van der Waals surface area contributed by atoms with Gasteiger partial charge in [-0.25, -0.2) is 0 Å². The number of rotatable bonds is 4. The van der Waals surface area contributed by atoms with E-state index in [0.717, 1.165) is 50.1 Å². The molecule has 8 aromatic carbocycles. The van der Waals surface area contributed by atoms with Crippen molar-refractivity contribution in [3.05, 3.63) is 170 Å². The molecular formula is C44H28N2O. The molecule has 220 valence electrons. The molecule has 2 heterocycles. The fourth-order valence-electron chi connectivity index (χ4n) is 7.37. The molecule has 47 heavy (non-hydrogen) atoms. The van der Waals surface area contributed by atoms with Gasteiger partial charge in [-0.3, -0.25) is 0 Å². The smallest absolute Gasteiger partial charge is 0.136 e. The van der Waals surface area contributed by atoms with Gasteiger partial charge in [0.1, 0.15) is 11.2 Å². The molecule has 10 aromatic rings. The van der Waals surface area contributed by atoms with E-state index < -0.39 is 0 Å². The van der Waals surface area contributed by atoms with E-state index in [-0.39, 0.29) is 0 Å². The molecule has 0 aliphatic heterocycles. The summed E-state index contributed by atoms with van der Waals surface area (Å²) in [5, 5.41) is 9.56. The molecule has 2 aromatic heterocycles. The van der Waals surface area contributed by atoms with E-state index in [0.29, 0.717) is 0 Å². The number of para-hydroxylation sites is 3. The summed E-state index contributed by atoms with van der Waals surface area (Å²) in [7, 11) is 0. The van der Waals surface area contributed by atoms with Crippen LogP contribution in [0.3, 0.4) is 0 Å². The lowest BCUT2D eigenvalue weighted by molar-refractivity contribution is 0.669. The van der Waals surface area contributed by atoms with Gasteiger partial charge in [0.05, 0.1) is 11.0 Å². The normalized spacial score (nSPS) is 11.8. The first kappa shape index (κ1) is 26.0. The van der Waals surface area contributed by atoms with Crippen molar-refractivity contribution >= 4 is 82.4 Å². The lowest BCUT2D eigenvalue weighted by Crippen LogP contribution is -2.09. The van der Waals surface area contributed by atoms with Crippen LogP contribution in [0.1, 0.15) is 0 Å². The minimum absolute atomic E-state index is 0.916. The topological polar surface area (TPSA) is 21.3 Å². The Morgan fingerprint density at radius 3 is 1.96 bits per heavy atom. The van der Waals surface area contributed by atoms with Crippen molar-refractivity contribution in [3.63, 3.8) is 0 Å². The zero-order valence-corrected chi connectivity index (χ0v) is 25.5. The average Bonchev–Trinajstić information content (AvgIpc) is 3.66. The maximum absolute atomic E-state index is 6.20. The van der Waals surface area contributed by atoms with Crippen LogP contribution in [0.25, 0.3) is 71.0 Å². The zero-order chi connectivity index (χ0) is 30.9. The molecule has 0 aliphatic rings. The predicted octanol–water partition coefficient (Wildman–Crippen LogP) is 12.5. The minimum Gasteiger partial charge on any atom is -0.456 e. The highest BCUT2D eigenvalue weighted by Crippen LogP contribution is 2.42. The van der Waals surface area contributed by atoms with E-state index in [2.05, 4.69) is 167 Å². The summed E-state index contributed by atoms with van der Waals surface area (Å²) in [4.78, 5) is 2.36. The molecule has 0 atom stereocenters. The van der Waals surface area contributed by atoms with Crippen molar-refractivity contribution in [3.8, 4) is 5.69 Å². The van der Waals surface area contributed by atoms with Crippen LogP contribution >= 0.6 is 0 Å². The Hall–Kier alpha value is -6.32. The molecule has 3 nitrogen and oxygen atoms in total. The molecule has 0 spiro atoms. The van der Waals surface area contributed by atoms with Gasteiger partial charge in [-0.15, -0.1) is 0 Å². The third kappa shape index (κ3) is 4.00. The second-order valence-electron chi connectivity index (χ2n) is 12.2. The molecule has 0 amide bonds. The van der Waals surface area contributed by atoms with Crippen LogP contribution in [0.5, 0.6) is 0 Å². The molecule has 0 bridgehead atoms. The first-order chi connectivity index (χ1) is 23.3. The molecule has 10 rings (SSSR count). The Labute approximate surface area is 271 Å². The molecule has 0 unspecified atom stereocenters. The van der Waals surface area contributed by atoms with Gasteiger partial charge in [0.2, 0.25) is 0 Å². The van der Waals surface area contributed by atoms with Crippen LogP contribution in [0.4, 0.5) is 17.1 Å². The summed E-state index contributed by atoms with van der Waals surface area (Å²) < 4.78 is 8.62. The van der Waals surface area contributed by atoms with Crippen molar-refractivity contribution < 1.29 is 4.42 Å². The number of fused-ring (bicyclic) bond motifs is 9. The Morgan fingerprint density at radius 2 is 1.09 bits per heavy atom. The van der Waals surface area contributed by atoms with Gasteiger partial charge in [0.25, 0.3) is 0 Å². The molecule has 0 saturated carbocycles. The van der Waals surface area contributed by atoms with Gasteiger partial charge in [0, 0.05) is 49.7 Å². The third-order valence-electron chi connectivity index (χ3n) is 9.50. The van der Waals surface area contributed by atoms with Crippen molar-refractivity contribution in [2.75, 3.05) is 4.90 Å². The van der Waals surface area contributed by atoms with Crippen LogP contribution in [0, 0.1) is 0 Å². The summed E-state index contributed by atoms with van der Waals surface area (Å²) in [5.41, 5.74) is 8.73. The molecule has 0 N–H and O–H groups in total. The van der Waals surface area contributed by atoms with Gasteiger partial charge in [-0.2, -0.15) is 0 Å². The average molecular weight is 601 g/mol. The quantitative estimate of drug-likeness (QED) is 0.200. The summed E-state index contributed by atoms with van der Waals surface area (Å²) in [5.74, 6) is 0. The molecule has 3 heteroatoms. The van der Waals surface area contributed by atoms with Crippen LogP contribution in [-0.2, 0) is 0 Å². The van der Waals surface area contributed by atoms with E-state index in [1.807, 2.05) is 12.1 Å². The number of anilines is 3. The third-order valence-corrected chi connectivity index (χ3v) is 9.50. The van der Waals surface area contributed by atoms with E-state index in [9.17, 15) is 0 Å². The highest BCUT2D eigenvalue weighted by Gasteiger charge is 2.19. The SMILES string of the molecule is c1ccc(N(c2ccc3cc4oc5ccccc5c4cc3c2)c2ccc3c(c2)c2ccc4ccccc4c2n3-c2ccccc2)cc1. The monoisotopic (exact) mass is 600 g/mol. The number of benzene rings is 8. The molecular weight excluding hydrogens is 572 g/mol. The first-order valence-electron chi connectivity index (χ1n) is 16.0. The Morgan fingerprint density at radius 1 is 0.383 bits per heavy atom. The lowest BCUT2D eigenvalue weighted by atomic mass is 10.0. The number of aromatic nitrogens is 1.